The Bertz CT molecular complexity index is 779. The zero-order chi connectivity index (χ0) is 17.8. The number of hydrogen-bond acceptors (Lipinski definition) is 4. The second-order valence-electron chi connectivity index (χ2n) is 6.34. The zero-order valence-corrected chi connectivity index (χ0v) is 15.3. The average Bonchev–Trinajstić information content (AvgIpc) is 3.03. The maximum absolute atomic E-state index is 11.2. The highest BCUT2D eigenvalue weighted by Gasteiger charge is 2.20. The van der Waals surface area contributed by atoms with E-state index in [-0.39, 0.29) is 11.9 Å². The van der Waals surface area contributed by atoms with Crippen LogP contribution in [0.2, 0.25) is 5.02 Å². The normalized spacial score (nSPS) is 16.8. The molecule has 0 saturated carbocycles. The molecule has 1 aromatic heterocycles. The van der Waals surface area contributed by atoms with Crippen LogP contribution in [-0.2, 0) is 11.2 Å². The number of halogens is 1. The molecule has 1 aromatic carbocycles. The van der Waals surface area contributed by atoms with E-state index in [9.17, 15) is 4.79 Å². The van der Waals surface area contributed by atoms with Crippen LogP contribution < -0.4 is 10.1 Å². The van der Waals surface area contributed by atoms with Gasteiger partial charge in [0.15, 0.2) is 0 Å². The van der Waals surface area contributed by atoms with Gasteiger partial charge in [-0.25, -0.2) is 4.98 Å². The SMILES string of the molecule is COc1nc(-c2cccc(C)c2Cl)cnc1CCC[C@@H]1CCC(=O)N1. The number of nitrogens with one attached hydrogen (secondary N) is 1. The van der Waals surface area contributed by atoms with Crippen LogP contribution in [0.1, 0.15) is 36.9 Å². The number of carbonyl (C=O) groups excluding carboxylic acids is 1. The van der Waals surface area contributed by atoms with Gasteiger partial charge in [-0.15, -0.1) is 0 Å². The lowest BCUT2D eigenvalue weighted by Gasteiger charge is -2.12. The summed E-state index contributed by atoms with van der Waals surface area (Å²) in [7, 11) is 1.60. The number of ether oxygens (including phenoxy) is 1. The predicted molar refractivity (Wildman–Crippen MR) is 97.9 cm³/mol. The Labute approximate surface area is 152 Å². The van der Waals surface area contributed by atoms with Gasteiger partial charge >= 0.3 is 0 Å². The van der Waals surface area contributed by atoms with E-state index in [1.807, 2.05) is 25.1 Å². The molecule has 1 aliphatic rings. The van der Waals surface area contributed by atoms with E-state index in [1.165, 1.54) is 0 Å². The molecule has 0 unspecified atom stereocenters. The average molecular weight is 360 g/mol. The first kappa shape index (κ1) is 17.7. The number of rotatable bonds is 6. The Kier molecular flexibility index (Phi) is 5.53. The molecule has 2 heterocycles. The van der Waals surface area contributed by atoms with Crippen LogP contribution in [0.25, 0.3) is 11.3 Å². The minimum Gasteiger partial charge on any atom is -0.480 e. The van der Waals surface area contributed by atoms with E-state index in [0.29, 0.717) is 23.0 Å². The van der Waals surface area contributed by atoms with Crippen molar-refractivity contribution < 1.29 is 9.53 Å². The largest absolute Gasteiger partial charge is 0.480 e. The van der Waals surface area contributed by atoms with Gasteiger partial charge in [0.25, 0.3) is 0 Å². The maximum Gasteiger partial charge on any atom is 0.235 e. The van der Waals surface area contributed by atoms with Crippen LogP contribution in [0.4, 0.5) is 0 Å². The summed E-state index contributed by atoms with van der Waals surface area (Å²) < 4.78 is 5.43. The number of carbonyl (C=O) groups is 1. The quantitative estimate of drug-likeness (QED) is 0.853. The van der Waals surface area contributed by atoms with Gasteiger partial charge in [-0.1, -0.05) is 29.8 Å². The number of aromatic nitrogens is 2. The highest BCUT2D eigenvalue weighted by molar-refractivity contribution is 6.34. The van der Waals surface area contributed by atoms with Gasteiger partial charge in [0, 0.05) is 18.0 Å². The molecule has 1 saturated heterocycles. The standard InChI is InChI=1S/C19H22ClN3O2/c1-12-5-3-7-14(18(12)20)16-11-21-15(19(23-16)25-2)8-4-6-13-9-10-17(24)22-13/h3,5,7,11,13H,4,6,8-10H2,1-2H3,(H,22,24)/t13-/m1/s1. The first-order valence-electron chi connectivity index (χ1n) is 8.53. The Hall–Kier alpha value is -2.14. The fourth-order valence-electron chi connectivity index (χ4n) is 3.12. The van der Waals surface area contributed by atoms with Crippen LogP contribution in [0.15, 0.2) is 24.4 Å². The molecule has 1 N–H and O–H groups in total. The molecular formula is C19H22ClN3O2. The molecule has 5 nitrogen and oxygen atoms in total. The van der Waals surface area contributed by atoms with Gasteiger partial charge in [0.05, 0.1) is 24.0 Å². The maximum atomic E-state index is 11.2. The van der Waals surface area contributed by atoms with Crippen molar-refractivity contribution in [2.24, 2.45) is 0 Å². The minimum atomic E-state index is 0.154. The van der Waals surface area contributed by atoms with Gasteiger partial charge < -0.3 is 10.1 Å². The summed E-state index contributed by atoms with van der Waals surface area (Å²) in [4.78, 5) is 20.4. The van der Waals surface area contributed by atoms with Crippen molar-refractivity contribution >= 4 is 17.5 Å². The molecule has 0 spiro atoms. The Balaban J connectivity index is 1.71. The van der Waals surface area contributed by atoms with Crippen LogP contribution in [0.3, 0.4) is 0 Å². The third-order valence-corrected chi connectivity index (χ3v) is 5.03. The summed E-state index contributed by atoms with van der Waals surface area (Å²) in [5.41, 5.74) is 3.40. The first-order valence-corrected chi connectivity index (χ1v) is 8.91. The highest BCUT2D eigenvalue weighted by Crippen LogP contribution is 2.30. The van der Waals surface area contributed by atoms with Crippen molar-refractivity contribution in [2.75, 3.05) is 7.11 Å². The van der Waals surface area contributed by atoms with E-state index in [2.05, 4.69) is 15.3 Å². The topological polar surface area (TPSA) is 64.1 Å². The molecule has 0 radical (unpaired) electrons. The van der Waals surface area contributed by atoms with Crippen molar-refractivity contribution in [3.8, 4) is 17.1 Å². The van der Waals surface area contributed by atoms with E-state index in [1.54, 1.807) is 13.3 Å². The van der Waals surface area contributed by atoms with Gasteiger partial charge in [-0.3, -0.25) is 9.78 Å². The molecule has 1 fully saturated rings. The molecule has 0 bridgehead atoms. The smallest absolute Gasteiger partial charge is 0.235 e. The molecule has 3 rings (SSSR count). The van der Waals surface area contributed by atoms with Crippen LogP contribution in [0, 0.1) is 6.92 Å². The second-order valence-corrected chi connectivity index (χ2v) is 6.72. The number of amides is 1. The minimum absolute atomic E-state index is 0.154. The van der Waals surface area contributed by atoms with Crippen LogP contribution in [0.5, 0.6) is 5.88 Å². The molecule has 1 aliphatic heterocycles. The monoisotopic (exact) mass is 359 g/mol. The lowest BCUT2D eigenvalue weighted by Crippen LogP contribution is -2.25. The highest BCUT2D eigenvalue weighted by atomic mass is 35.5. The molecular weight excluding hydrogens is 338 g/mol. The van der Waals surface area contributed by atoms with Crippen LogP contribution in [-0.4, -0.2) is 29.0 Å². The molecule has 132 valence electrons. The molecule has 6 heteroatoms. The van der Waals surface area contributed by atoms with Gasteiger partial charge in [-0.2, -0.15) is 0 Å². The van der Waals surface area contributed by atoms with E-state index in [0.717, 1.165) is 42.5 Å². The van der Waals surface area contributed by atoms with E-state index >= 15 is 0 Å². The summed E-state index contributed by atoms with van der Waals surface area (Å²) in [5.74, 6) is 0.687. The van der Waals surface area contributed by atoms with E-state index in [4.69, 9.17) is 16.3 Å². The predicted octanol–water partition coefficient (Wildman–Crippen LogP) is 3.72. The number of nitrogens with zero attached hydrogens (tertiary/aromatic N) is 2. The lowest BCUT2D eigenvalue weighted by atomic mass is 10.1. The van der Waals surface area contributed by atoms with Gasteiger partial charge in [0.2, 0.25) is 11.8 Å². The number of hydrogen-bond donors (Lipinski definition) is 1. The number of methoxy groups -OCH3 is 1. The fourth-order valence-corrected chi connectivity index (χ4v) is 3.34. The van der Waals surface area contributed by atoms with Gasteiger partial charge in [-0.05, 0) is 38.2 Å². The third-order valence-electron chi connectivity index (χ3n) is 4.52. The second kappa shape index (κ2) is 7.83. The Morgan fingerprint density at radius 3 is 2.96 bits per heavy atom. The Morgan fingerprint density at radius 2 is 2.24 bits per heavy atom. The summed E-state index contributed by atoms with van der Waals surface area (Å²) in [5, 5.41) is 3.67. The van der Waals surface area contributed by atoms with Crippen molar-refractivity contribution in [3.63, 3.8) is 0 Å². The lowest BCUT2D eigenvalue weighted by molar-refractivity contribution is -0.119. The molecule has 25 heavy (non-hydrogen) atoms. The molecule has 0 aliphatic carbocycles. The summed E-state index contributed by atoms with van der Waals surface area (Å²) in [6, 6.07) is 6.14. The fraction of sp³-hybridized carbons (Fsp3) is 0.421. The summed E-state index contributed by atoms with van der Waals surface area (Å²) in [6.07, 6.45) is 5.95. The first-order chi connectivity index (χ1) is 12.1. The number of benzene rings is 1. The Morgan fingerprint density at radius 1 is 1.40 bits per heavy atom. The van der Waals surface area contributed by atoms with Crippen LogP contribution >= 0.6 is 11.6 Å². The molecule has 1 amide bonds. The van der Waals surface area contributed by atoms with Crippen molar-refractivity contribution in [1.29, 1.82) is 0 Å². The molecule has 2 aromatic rings. The van der Waals surface area contributed by atoms with Crippen molar-refractivity contribution in [2.45, 2.75) is 45.1 Å². The van der Waals surface area contributed by atoms with E-state index < -0.39 is 0 Å². The third kappa shape index (κ3) is 4.10. The van der Waals surface area contributed by atoms with Gasteiger partial charge in [0.1, 0.15) is 5.69 Å². The number of aryl methyl sites for hydroxylation is 2. The summed E-state index contributed by atoms with van der Waals surface area (Å²) >= 11 is 6.39. The molecule has 1 atom stereocenters. The summed E-state index contributed by atoms with van der Waals surface area (Å²) in [6.45, 7) is 1.96. The zero-order valence-electron chi connectivity index (χ0n) is 14.5. The van der Waals surface area contributed by atoms with Crippen molar-refractivity contribution in [3.05, 3.63) is 40.7 Å². The van der Waals surface area contributed by atoms with Crippen molar-refractivity contribution in [1.82, 2.24) is 15.3 Å².